The van der Waals surface area contributed by atoms with Crippen LogP contribution in [0.4, 0.5) is 5.82 Å². The Labute approximate surface area is 223 Å². The van der Waals surface area contributed by atoms with Crippen LogP contribution in [0.15, 0.2) is 36.4 Å². The van der Waals surface area contributed by atoms with Crippen molar-refractivity contribution in [1.29, 1.82) is 0 Å². The van der Waals surface area contributed by atoms with Crippen molar-refractivity contribution in [2.24, 2.45) is 46.3 Å². The van der Waals surface area contributed by atoms with Gasteiger partial charge in [-0.3, -0.25) is 4.79 Å². The highest BCUT2D eigenvalue weighted by Gasteiger charge is 2.60. The Kier molecular flexibility index (Phi) is 6.52. The van der Waals surface area contributed by atoms with E-state index < -0.39 is 5.97 Å². The van der Waals surface area contributed by atoms with E-state index in [9.17, 15) is 9.90 Å². The number of nitrogens with one attached hydrogen (secondary N) is 1. The number of rotatable bonds is 6. The molecule has 4 unspecified atom stereocenters. The molecule has 37 heavy (non-hydrogen) atoms. The lowest BCUT2D eigenvalue weighted by Gasteiger charge is -2.61. The van der Waals surface area contributed by atoms with E-state index in [0.717, 1.165) is 41.4 Å². The number of pyridine rings is 1. The van der Waals surface area contributed by atoms with Crippen molar-refractivity contribution < 1.29 is 9.90 Å². The second kappa shape index (κ2) is 9.58. The van der Waals surface area contributed by atoms with Crippen LogP contribution in [0.3, 0.4) is 0 Å². The predicted molar refractivity (Wildman–Crippen MR) is 150 cm³/mol. The largest absolute Gasteiger partial charge is 0.481 e. The summed E-state index contributed by atoms with van der Waals surface area (Å²) >= 11 is 0. The highest BCUT2D eigenvalue weighted by atomic mass is 16.4. The van der Waals surface area contributed by atoms with Crippen LogP contribution in [-0.4, -0.2) is 22.1 Å². The van der Waals surface area contributed by atoms with Gasteiger partial charge in [0.15, 0.2) is 0 Å². The standard InChI is InChI=1S/C33H46N2O2/c1-21(8-15-31(36)37)26-12-13-27-25-11-10-23-20-24(16-18-32(23,2)28(25)17-19-33(26,27)3)34-30-14-9-22-6-4-5-7-29(22)35-30/h4-7,9,14,21,23-28H,8,10-13,15-20H2,1-3H3,(H,34,35)(H,36,37)/t21-,23-,24-,25?,26?,27?,28?,32+,33-/m1/s1. The molecule has 0 aliphatic heterocycles. The molecule has 0 spiro atoms. The van der Waals surface area contributed by atoms with E-state index in [1.807, 2.05) is 0 Å². The first-order chi connectivity index (χ1) is 17.8. The molecule has 0 bridgehead atoms. The molecule has 4 aliphatic rings. The number of aliphatic carboxylic acids is 1. The van der Waals surface area contributed by atoms with Gasteiger partial charge in [-0.1, -0.05) is 39.0 Å². The van der Waals surface area contributed by atoms with Crippen molar-refractivity contribution in [3.8, 4) is 0 Å². The van der Waals surface area contributed by atoms with Gasteiger partial charge in [-0.2, -0.15) is 0 Å². The fourth-order valence-corrected chi connectivity index (χ4v) is 10.3. The Morgan fingerprint density at radius 3 is 2.62 bits per heavy atom. The molecule has 0 saturated heterocycles. The maximum absolute atomic E-state index is 11.2. The molecule has 4 heteroatoms. The summed E-state index contributed by atoms with van der Waals surface area (Å²) in [5.41, 5.74) is 1.97. The third-order valence-corrected chi connectivity index (χ3v) is 12.2. The topological polar surface area (TPSA) is 62.2 Å². The van der Waals surface area contributed by atoms with Crippen LogP contribution in [0.5, 0.6) is 0 Å². The molecule has 0 amide bonds. The average molecular weight is 503 g/mol. The number of aromatic nitrogens is 1. The molecule has 1 aromatic carbocycles. The first-order valence-electron chi connectivity index (χ1n) is 15.1. The highest BCUT2D eigenvalue weighted by Crippen LogP contribution is 2.68. The number of benzene rings is 1. The zero-order chi connectivity index (χ0) is 25.8. The Bertz CT molecular complexity index is 1150. The zero-order valence-electron chi connectivity index (χ0n) is 23.1. The van der Waals surface area contributed by atoms with Crippen molar-refractivity contribution in [2.75, 3.05) is 5.32 Å². The van der Waals surface area contributed by atoms with E-state index in [0.29, 0.717) is 35.1 Å². The number of hydrogen-bond donors (Lipinski definition) is 2. The van der Waals surface area contributed by atoms with Gasteiger partial charge in [0.2, 0.25) is 0 Å². The SMILES string of the molecule is C[C@H](CCC(=O)O)C1CCC2C3CC[C@@H]4C[C@H](Nc5ccc6ccccc6n5)CC[C@]4(C)C3CC[C@@]21C. The molecule has 1 heterocycles. The van der Waals surface area contributed by atoms with E-state index in [-0.39, 0.29) is 0 Å². The monoisotopic (exact) mass is 502 g/mol. The molecule has 200 valence electrons. The number of carboxylic acids is 1. The first-order valence-corrected chi connectivity index (χ1v) is 15.1. The normalized spacial score (nSPS) is 39.9. The van der Waals surface area contributed by atoms with Crippen LogP contribution in [0.2, 0.25) is 0 Å². The summed E-state index contributed by atoms with van der Waals surface area (Å²) in [4.78, 5) is 16.1. The number of anilines is 1. The van der Waals surface area contributed by atoms with Gasteiger partial charge in [0, 0.05) is 17.8 Å². The van der Waals surface area contributed by atoms with Gasteiger partial charge in [0.1, 0.15) is 5.82 Å². The van der Waals surface area contributed by atoms with Crippen LogP contribution < -0.4 is 5.32 Å². The molecule has 0 radical (unpaired) electrons. The minimum absolute atomic E-state index is 0.328. The van der Waals surface area contributed by atoms with Crippen LogP contribution in [0.1, 0.15) is 91.4 Å². The van der Waals surface area contributed by atoms with Gasteiger partial charge in [0.05, 0.1) is 5.52 Å². The van der Waals surface area contributed by atoms with Gasteiger partial charge in [-0.15, -0.1) is 0 Å². The summed E-state index contributed by atoms with van der Waals surface area (Å²) in [5, 5.41) is 14.3. The second-order valence-corrected chi connectivity index (χ2v) is 13.8. The fraction of sp³-hybridized carbons (Fsp3) is 0.697. The Balaban J connectivity index is 1.13. The Morgan fingerprint density at radius 1 is 1.00 bits per heavy atom. The van der Waals surface area contributed by atoms with Crippen LogP contribution in [0, 0.1) is 46.3 Å². The number of hydrogen-bond acceptors (Lipinski definition) is 3. The number of nitrogens with zero attached hydrogens (tertiary/aromatic N) is 1. The maximum Gasteiger partial charge on any atom is 0.303 e. The van der Waals surface area contributed by atoms with E-state index >= 15 is 0 Å². The van der Waals surface area contributed by atoms with Crippen molar-refractivity contribution in [2.45, 2.75) is 97.4 Å². The molecule has 9 atom stereocenters. The number of fused-ring (bicyclic) bond motifs is 6. The summed E-state index contributed by atoms with van der Waals surface area (Å²) in [7, 11) is 0. The minimum atomic E-state index is -0.636. The third-order valence-electron chi connectivity index (χ3n) is 12.2. The minimum Gasteiger partial charge on any atom is -0.481 e. The molecule has 1 aromatic heterocycles. The van der Waals surface area contributed by atoms with Gasteiger partial charge in [-0.25, -0.2) is 4.98 Å². The van der Waals surface area contributed by atoms with Gasteiger partial charge < -0.3 is 10.4 Å². The van der Waals surface area contributed by atoms with Crippen LogP contribution >= 0.6 is 0 Å². The van der Waals surface area contributed by atoms with Gasteiger partial charge in [0.25, 0.3) is 0 Å². The van der Waals surface area contributed by atoms with Crippen LogP contribution in [-0.2, 0) is 4.79 Å². The molecule has 2 aromatic rings. The molecule has 2 N–H and O–H groups in total. The Hall–Kier alpha value is -2.10. The zero-order valence-corrected chi connectivity index (χ0v) is 23.1. The summed E-state index contributed by atoms with van der Waals surface area (Å²) in [6, 6.07) is 13.3. The fourth-order valence-electron chi connectivity index (χ4n) is 10.3. The molecule has 4 nitrogen and oxygen atoms in total. The quantitative estimate of drug-likeness (QED) is 0.418. The smallest absolute Gasteiger partial charge is 0.303 e. The summed E-state index contributed by atoms with van der Waals surface area (Å²) in [5.74, 6) is 5.04. The molecule has 4 saturated carbocycles. The van der Waals surface area contributed by atoms with Crippen LogP contribution in [0.25, 0.3) is 10.9 Å². The van der Waals surface area contributed by atoms with E-state index in [1.54, 1.807) is 0 Å². The lowest BCUT2D eigenvalue weighted by Crippen LogP contribution is -2.54. The number of carboxylic acid groups (broad SMARTS) is 1. The number of carbonyl (C=O) groups is 1. The third kappa shape index (κ3) is 4.36. The number of para-hydroxylation sites is 1. The summed E-state index contributed by atoms with van der Waals surface area (Å²) in [6.45, 7) is 7.59. The van der Waals surface area contributed by atoms with Gasteiger partial charge >= 0.3 is 5.97 Å². The molecular formula is C33H46N2O2. The molecule has 4 fully saturated rings. The van der Waals surface area contributed by atoms with Gasteiger partial charge in [-0.05, 0) is 129 Å². The molecule has 6 rings (SSSR count). The van der Waals surface area contributed by atoms with E-state index in [1.165, 1.54) is 63.2 Å². The summed E-state index contributed by atoms with van der Waals surface area (Å²) in [6.07, 6.45) is 13.3. The molecular weight excluding hydrogens is 456 g/mol. The second-order valence-electron chi connectivity index (χ2n) is 13.8. The van der Waals surface area contributed by atoms with E-state index in [4.69, 9.17) is 4.98 Å². The van der Waals surface area contributed by atoms with Crippen molar-refractivity contribution in [3.05, 3.63) is 36.4 Å². The lowest BCUT2D eigenvalue weighted by molar-refractivity contribution is -0.137. The maximum atomic E-state index is 11.2. The Morgan fingerprint density at radius 2 is 1.78 bits per heavy atom. The van der Waals surface area contributed by atoms with Crippen molar-refractivity contribution in [3.63, 3.8) is 0 Å². The lowest BCUT2D eigenvalue weighted by atomic mass is 9.44. The predicted octanol–water partition coefficient (Wildman–Crippen LogP) is 8.18. The molecule has 4 aliphatic carbocycles. The van der Waals surface area contributed by atoms with E-state index in [2.05, 4.69) is 62.5 Å². The summed E-state index contributed by atoms with van der Waals surface area (Å²) < 4.78 is 0. The van der Waals surface area contributed by atoms with Crippen molar-refractivity contribution in [1.82, 2.24) is 4.98 Å². The first kappa shape index (κ1) is 25.2. The van der Waals surface area contributed by atoms with Crippen molar-refractivity contribution >= 4 is 22.7 Å². The highest BCUT2D eigenvalue weighted by molar-refractivity contribution is 5.80. The average Bonchev–Trinajstić information content (AvgIpc) is 3.25.